The van der Waals surface area contributed by atoms with Gasteiger partial charge in [0.05, 0.1) is 0 Å². The summed E-state index contributed by atoms with van der Waals surface area (Å²) in [5, 5.41) is 8.33. The van der Waals surface area contributed by atoms with Gasteiger partial charge in [-0.25, -0.2) is 0 Å². The van der Waals surface area contributed by atoms with Crippen LogP contribution in [-0.4, -0.2) is 30.8 Å². The summed E-state index contributed by atoms with van der Waals surface area (Å²) in [6.45, 7) is 3.59. The van der Waals surface area contributed by atoms with E-state index in [-0.39, 0.29) is 5.91 Å². The SMILES string of the molecule is C=C/C(=N\N(C)C)NC(=O)c1ccccc1. The molecule has 0 saturated carbocycles. The van der Waals surface area contributed by atoms with Gasteiger partial charge in [0.25, 0.3) is 5.91 Å². The first-order chi connectivity index (χ1) is 7.63. The third-order valence-electron chi connectivity index (χ3n) is 1.78. The van der Waals surface area contributed by atoms with Crippen LogP contribution in [0.25, 0.3) is 0 Å². The van der Waals surface area contributed by atoms with Crippen molar-refractivity contribution >= 4 is 11.7 Å². The van der Waals surface area contributed by atoms with Crippen molar-refractivity contribution in [2.45, 2.75) is 0 Å². The molecule has 0 radical (unpaired) electrons. The largest absolute Gasteiger partial charge is 0.305 e. The second-order valence-electron chi connectivity index (χ2n) is 3.36. The van der Waals surface area contributed by atoms with E-state index < -0.39 is 0 Å². The van der Waals surface area contributed by atoms with E-state index in [1.54, 1.807) is 31.2 Å². The van der Waals surface area contributed by atoms with Crippen molar-refractivity contribution in [1.82, 2.24) is 10.3 Å². The van der Waals surface area contributed by atoms with E-state index in [0.717, 1.165) is 0 Å². The predicted molar refractivity (Wildman–Crippen MR) is 65.2 cm³/mol. The molecule has 0 aliphatic carbocycles. The molecule has 16 heavy (non-hydrogen) atoms. The van der Waals surface area contributed by atoms with Crippen LogP contribution in [0.3, 0.4) is 0 Å². The second-order valence-corrected chi connectivity index (χ2v) is 3.36. The molecule has 1 aromatic carbocycles. The van der Waals surface area contributed by atoms with E-state index in [1.165, 1.54) is 6.08 Å². The zero-order chi connectivity index (χ0) is 12.0. The molecule has 84 valence electrons. The molecule has 1 amide bonds. The van der Waals surface area contributed by atoms with Crippen molar-refractivity contribution in [2.75, 3.05) is 14.1 Å². The summed E-state index contributed by atoms with van der Waals surface area (Å²) in [7, 11) is 3.55. The van der Waals surface area contributed by atoms with Gasteiger partial charge in [0.2, 0.25) is 0 Å². The highest BCUT2D eigenvalue weighted by Crippen LogP contribution is 1.98. The molecule has 0 heterocycles. The summed E-state index contributed by atoms with van der Waals surface area (Å²) < 4.78 is 0. The van der Waals surface area contributed by atoms with Crippen LogP contribution in [0, 0.1) is 0 Å². The molecule has 4 nitrogen and oxygen atoms in total. The van der Waals surface area contributed by atoms with Gasteiger partial charge in [-0.05, 0) is 18.2 Å². The highest BCUT2D eigenvalue weighted by atomic mass is 16.1. The van der Waals surface area contributed by atoms with Gasteiger partial charge in [-0.2, -0.15) is 5.10 Å². The number of amides is 1. The van der Waals surface area contributed by atoms with Gasteiger partial charge < -0.3 is 10.3 Å². The quantitative estimate of drug-likeness (QED) is 0.473. The summed E-state index contributed by atoms with van der Waals surface area (Å²) in [4.78, 5) is 11.7. The maximum absolute atomic E-state index is 11.7. The standard InChI is InChI=1S/C12H15N3O/c1-4-11(14-15(2)3)13-12(16)10-8-6-5-7-9-10/h4-9H,1H2,2-3H3,(H,13,14,16). The highest BCUT2D eigenvalue weighted by molar-refractivity contribution is 6.09. The number of hydrogen-bond donors (Lipinski definition) is 1. The lowest BCUT2D eigenvalue weighted by atomic mass is 10.2. The fourth-order valence-corrected chi connectivity index (χ4v) is 1.11. The first-order valence-corrected chi connectivity index (χ1v) is 4.88. The molecule has 0 fully saturated rings. The number of rotatable bonds is 3. The molecule has 1 rings (SSSR count). The third-order valence-corrected chi connectivity index (χ3v) is 1.78. The fourth-order valence-electron chi connectivity index (χ4n) is 1.11. The van der Waals surface area contributed by atoms with E-state index in [4.69, 9.17) is 0 Å². The number of hydrogen-bond acceptors (Lipinski definition) is 3. The molecular weight excluding hydrogens is 202 g/mol. The molecule has 0 bridgehead atoms. The Hall–Kier alpha value is -2.10. The Kier molecular flexibility index (Phi) is 4.27. The zero-order valence-electron chi connectivity index (χ0n) is 9.47. The Morgan fingerprint density at radius 2 is 2.00 bits per heavy atom. The Bertz CT molecular complexity index is 396. The topological polar surface area (TPSA) is 44.7 Å². The lowest BCUT2D eigenvalue weighted by molar-refractivity contribution is 0.0977. The van der Waals surface area contributed by atoms with Crippen LogP contribution >= 0.6 is 0 Å². The minimum Gasteiger partial charge on any atom is -0.305 e. The van der Waals surface area contributed by atoms with Crippen molar-refractivity contribution in [2.24, 2.45) is 5.10 Å². The Balaban J connectivity index is 2.74. The molecule has 0 saturated heterocycles. The smallest absolute Gasteiger partial charge is 0.256 e. The van der Waals surface area contributed by atoms with Crippen LogP contribution in [0.2, 0.25) is 0 Å². The van der Waals surface area contributed by atoms with Crippen molar-refractivity contribution in [3.63, 3.8) is 0 Å². The van der Waals surface area contributed by atoms with E-state index in [2.05, 4.69) is 17.0 Å². The number of nitrogens with one attached hydrogen (secondary N) is 1. The lowest BCUT2D eigenvalue weighted by Crippen LogP contribution is -2.30. The molecular formula is C12H15N3O. The molecule has 4 heteroatoms. The molecule has 0 atom stereocenters. The summed E-state index contributed by atoms with van der Waals surface area (Å²) in [6.07, 6.45) is 1.50. The van der Waals surface area contributed by atoms with Crippen LogP contribution in [0.4, 0.5) is 0 Å². The summed E-state index contributed by atoms with van der Waals surface area (Å²) >= 11 is 0. The first-order valence-electron chi connectivity index (χ1n) is 4.88. The van der Waals surface area contributed by atoms with E-state index in [0.29, 0.717) is 11.4 Å². The van der Waals surface area contributed by atoms with Gasteiger partial charge in [0.15, 0.2) is 5.84 Å². The maximum Gasteiger partial charge on any atom is 0.256 e. The molecule has 1 aromatic rings. The van der Waals surface area contributed by atoms with Gasteiger partial charge in [-0.15, -0.1) is 0 Å². The van der Waals surface area contributed by atoms with Crippen LogP contribution in [0.1, 0.15) is 10.4 Å². The number of carbonyl (C=O) groups excluding carboxylic acids is 1. The average Bonchev–Trinajstić information content (AvgIpc) is 2.28. The Morgan fingerprint density at radius 1 is 1.38 bits per heavy atom. The summed E-state index contributed by atoms with van der Waals surface area (Å²) in [5.74, 6) is 0.236. The van der Waals surface area contributed by atoms with Gasteiger partial charge >= 0.3 is 0 Å². The molecule has 0 unspecified atom stereocenters. The number of benzene rings is 1. The van der Waals surface area contributed by atoms with Crippen molar-refractivity contribution < 1.29 is 4.79 Å². The normalized spacial score (nSPS) is 10.8. The molecule has 1 N–H and O–H groups in total. The van der Waals surface area contributed by atoms with E-state index in [1.807, 2.05) is 18.2 Å². The summed E-state index contributed by atoms with van der Waals surface area (Å²) in [6, 6.07) is 8.97. The van der Waals surface area contributed by atoms with Gasteiger partial charge in [0.1, 0.15) is 0 Å². The number of hydrazone groups is 1. The molecule has 0 aliphatic heterocycles. The number of carbonyl (C=O) groups is 1. The van der Waals surface area contributed by atoms with Gasteiger partial charge in [0, 0.05) is 19.7 Å². The van der Waals surface area contributed by atoms with Crippen LogP contribution in [0.5, 0.6) is 0 Å². The van der Waals surface area contributed by atoms with Crippen molar-refractivity contribution in [3.05, 3.63) is 48.6 Å². The zero-order valence-corrected chi connectivity index (χ0v) is 9.47. The Labute approximate surface area is 95.3 Å². The molecule has 0 aromatic heterocycles. The maximum atomic E-state index is 11.7. The van der Waals surface area contributed by atoms with Crippen molar-refractivity contribution in [1.29, 1.82) is 0 Å². The van der Waals surface area contributed by atoms with E-state index >= 15 is 0 Å². The molecule has 0 spiro atoms. The average molecular weight is 217 g/mol. The van der Waals surface area contributed by atoms with Gasteiger partial charge in [-0.1, -0.05) is 24.8 Å². The lowest BCUT2D eigenvalue weighted by Gasteiger charge is -2.08. The first kappa shape index (κ1) is 12.0. The van der Waals surface area contributed by atoms with Crippen LogP contribution in [0.15, 0.2) is 48.1 Å². The third kappa shape index (κ3) is 3.57. The highest BCUT2D eigenvalue weighted by Gasteiger charge is 2.05. The molecule has 0 aliphatic rings. The minimum absolute atomic E-state index is 0.193. The van der Waals surface area contributed by atoms with Crippen molar-refractivity contribution in [3.8, 4) is 0 Å². The van der Waals surface area contributed by atoms with Crippen LogP contribution in [-0.2, 0) is 0 Å². The van der Waals surface area contributed by atoms with E-state index in [9.17, 15) is 4.79 Å². The second kappa shape index (κ2) is 5.70. The van der Waals surface area contributed by atoms with Gasteiger partial charge in [-0.3, -0.25) is 4.79 Å². The summed E-state index contributed by atoms with van der Waals surface area (Å²) in [5.41, 5.74) is 0.593. The van der Waals surface area contributed by atoms with Crippen LogP contribution < -0.4 is 5.32 Å². The Morgan fingerprint density at radius 3 is 2.50 bits per heavy atom. The fraction of sp³-hybridized carbons (Fsp3) is 0.167. The predicted octanol–water partition coefficient (Wildman–Crippen LogP) is 1.48. The number of amidine groups is 1. The monoisotopic (exact) mass is 217 g/mol. The number of nitrogens with zero attached hydrogens (tertiary/aromatic N) is 2. The minimum atomic E-state index is -0.193.